The molecule has 0 fully saturated rings. The van der Waals surface area contributed by atoms with Crippen molar-refractivity contribution in [3.63, 3.8) is 0 Å². The molecule has 0 bridgehead atoms. The van der Waals surface area contributed by atoms with Crippen LogP contribution in [-0.2, 0) is 10.4 Å². The minimum Gasteiger partial charge on any atom is -0.387 e. The van der Waals surface area contributed by atoms with Gasteiger partial charge in [0.15, 0.2) is 11.5 Å². The van der Waals surface area contributed by atoms with Gasteiger partial charge in [-0.25, -0.2) is 9.97 Å². The van der Waals surface area contributed by atoms with Crippen molar-refractivity contribution < 1.29 is 17.5 Å². The number of aromatic nitrogens is 5. The molecule has 146 valence electrons. The van der Waals surface area contributed by atoms with Gasteiger partial charge >= 0.3 is 10.4 Å². The smallest absolute Gasteiger partial charge is 0.387 e. The van der Waals surface area contributed by atoms with Crippen LogP contribution >= 0.6 is 15.9 Å². The second-order valence-corrected chi connectivity index (χ2v) is 7.16. The standard InChI is InChI=1S/C15H12BrN7.H2O4S/c1-17-11-4-2-3-5-22(8-11)14-15-21-19-9-23(15)12-6-10(16)7-18-13(12)20-14;1-5(2,3)4/h2-9,17H,1H3;(H2,1,2,3,4). The monoisotopic (exact) mass is 467 g/mol. The highest BCUT2D eigenvalue weighted by atomic mass is 79.9. The van der Waals surface area contributed by atoms with E-state index in [4.69, 9.17) is 17.5 Å². The molecule has 4 heterocycles. The highest BCUT2D eigenvalue weighted by molar-refractivity contribution is 9.10. The third kappa shape index (κ3) is 4.69. The van der Waals surface area contributed by atoms with Gasteiger partial charge in [0, 0.05) is 30.1 Å². The molecule has 3 N–H and O–H groups in total. The summed E-state index contributed by atoms with van der Waals surface area (Å²) < 4.78 is 34.3. The highest BCUT2D eigenvalue weighted by Gasteiger charge is 2.16. The van der Waals surface area contributed by atoms with Crippen molar-refractivity contribution in [2.24, 2.45) is 0 Å². The first-order valence-corrected chi connectivity index (χ1v) is 9.83. The van der Waals surface area contributed by atoms with E-state index >= 15 is 0 Å². The van der Waals surface area contributed by atoms with E-state index in [0.717, 1.165) is 15.7 Å². The van der Waals surface area contributed by atoms with Gasteiger partial charge in [-0.2, -0.15) is 8.42 Å². The maximum Gasteiger partial charge on any atom is 0.394 e. The van der Waals surface area contributed by atoms with Crippen molar-refractivity contribution in [3.8, 4) is 0 Å². The summed E-state index contributed by atoms with van der Waals surface area (Å²) in [6.07, 6.45) is 13.1. The Kier molecular flexibility index (Phi) is 5.69. The lowest BCUT2D eigenvalue weighted by molar-refractivity contribution is 0.381. The Morgan fingerprint density at radius 3 is 2.71 bits per heavy atom. The third-order valence-corrected chi connectivity index (χ3v) is 3.91. The van der Waals surface area contributed by atoms with Crippen molar-refractivity contribution in [2.45, 2.75) is 0 Å². The quantitative estimate of drug-likeness (QED) is 0.476. The lowest BCUT2D eigenvalue weighted by Crippen LogP contribution is -2.15. The van der Waals surface area contributed by atoms with Crippen LogP contribution < -0.4 is 10.2 Å². The molecule has 0 unspecified atom stereocenters. The van der Waals surface area contributed by atoms with Gasteiger partial charge in [0.05, 0.1) is 11.2 Å². The van der Waals surface area contributed by atoms with Crippen molar-refractivity contribution >= 4 is 49.0 Å². The summed E-state index contributed by atoms with van der Waals surface area (Å²) in [5.74, 6) is 0.664. The fourth-order valence-corrected chi connectivity index (χ4v) is 2.71. The molecule has 0 radical (unpaired) electrons. The summed E-state index contributed by atoms with van der Waals surface area (Å²) in [6, 6.07) is 1.95. The van der Waals surface area contributed by atoms with Gasteiger partial charge in [-0.15, -0.1) is 10.2 Å². The first-order valence-electron chi connectivity index (χ1n) is 7.64. The number of hydrogen-bond donors (Lipinski definition) is 3. The molecule has 3 aromatic heterocycles. The molecule has 0 amide bonds. The zero-order chi connectivity index (χ0) is 20.3. The summed E-state index contributed by atoms with van der Waals surface area (Å²) in [6.45, 7) is 0. The molecule has 0 saturated heterocycles. The van der Waals surface area contributed by atoms with E-state index in [2.05, 4.69) is 41.4 Å². The lowest BCUT2D eigenvalue weighted by atomic mass is 10.4. The van der Waals surface area contributed by atoms with Gasteiger partial charge < -0.3 is 10.2 Å². The minimum absolute atomic E-state index is 0.625. The summed E-state index contributed by atoms with van der Waals surface area (Å²) in [4.78, 5) is 11.0. The maximum atomic E-state index is 8.74. The highest BCUT2D eigenvalue weighted by Crippen LogP contribution is 2.25. The first kappa shape index (κ1) is 19.9. The van der Waals surface area contributed by atoms with Crippen LogP contribution in [0.3, 0.4) is 0 Å². The Labute approximate surface area is 167 Å². The predicted molar refractivity (Wildman–Crippen MR) is 106 cm³/mol. The number of nitrogens with zero attached hydrogens (tertiary/aromatic N) is 6. The fourth-order valence-electron chi connectivity index (χ4n) is 2.39. The number of likely N-dealkylation sites (N-methyl/N-ethyl adjacent to an activating group) is 1. The van der Waals surface area contributed by atoms with Gasteiger partial charge in [-0.05, 0) is 34.1 Å². The Morgan fingerprint density at radius 1 is 1.25 bits per heavy atom. The second-order valence-electron chi connectivity index (χ2n) is 5.35. The van der Waals surface area contributed by atoms with Crippen molar-refractivity contribution in [1.82, 2.24) is 29.9 Å². The first-order chi connectivity index (χ1) is 13.3. The Morgan fingerprint density at radius 2 is 2.00 bits per heavy atom. The van der Waals surface area contributed by atoms with Crippen LogP contribution in [0, 0.1) is 0 Å². The molecule has 0 saturated carbocycles. The maximum absolute atomic E-state index is 8.74. The Balaban J connectivity index is 0.000000403. The minimum atomic E-state index is -4.67. The van der Waals surface area contributed by atoms with E-state index in [1.807, 2.05) is 53.0 Å². The van der Waals surface area contributed by atoms with Crippen molar-refractivity contribution in [2.75, 3.05) is 11.9 Å². The summed E-state index contributed by atoms with van der Waals surface area (Å²) in [7, 11) is -2.79. The van der Waals surface area contributed by atoms with Gasteiger partial charge in [0.2, 0.25) is 5.65 Å². The number of rotatable bonds is 2. The molecule has 1 aliphatic heterocycles. The van der Waals surface area contributed by atoms with Crippen molar-refractivity contribution in [3.05, 3.63) is 59.4 Å². The molecule has 1 aliphatic rings. The van der Waals surface area contributed by atoms with Crippen LogP contribution in [0.5, 0.6) is 0 Å². The van der Waals surface area contributed by atoms with Gasteiger partial charge in [-0.3, -0.25) is 13.5 Å². The van der Waals surface area contributed by atoms with E-state index in [1.54, 1.807) is 12.5 Å². The average Bonchev–Trinajstić information content (AvgIpc) is 2.99. The van der Waals surface area contributed by atoms with Crippen LogP contribution in [0.2, 0.25) is 0 Å². The lowest BCUT2D eigenvalue weighted by Gasteiger charge is -2.16. The molecule has 0 spiro atoms. The predicted octanol–water partition coefficient (Wildman–Crippen LogP) is 1.73. The van der Waals surface area contributed by atoms with E-state index in [9.17, 15) is 0 Å². The Hall–Kier alpha value is -2.87. The summed E-state index contributed by atoms with van der Waals surface area (Å²) in [5, 5.41) is 11.4. The second kappa shape index (κ2) is 8.02. The van der Waals surface area contributed by atoms with Crippen LogP contribution in [0.15, 0.2) is 59.4 Å². The molecular formula is C15H14BrN7O4S. The van der Waals surface area contributed by atoms with Crippen LogP contribution in [-0.4, -0.2) is 49.1 Å². The number of allylic oxidation sites excluding steroid dienone is 3. The molecule has 0 aromatic carbocycles. The number of anilines is 1. The van der Waals surface area contributed by atoms with Crippen LogP contribution in [0.25, 0.3) is 16.8 Å². The number of nitrogens with one attached hydrogen (secondary N) is 1. The third-order valence-electron chi connectivity index (χ3n) is 3.48. The zero-order valence-corrected chi connectivity index (χ0v) is 16.7. The fraction of sp³-hybridized carbons (Fsp3) is 0.0667. The van der Waals surface area contributed by atoms with E-state index in [0.29, 0.717) is 17.1 Å². The van der Waals surface area contributed by atoms with Crippen LogP contribution in [0.1, 0.15) is 0 Å². The van der Waals surface area contributed by atoms with Crippen molar-refractivity contribution in [1.29, 1.82) is 0 Å². The van der Waals surface area contributed by atoms with E-state index < -0.39 is 10.4 Å². The summed E-state index contributed by atoms with van der Waals surface area (Å²) >= 11 is 3.44. The SMILES string of the molecule is CNC1=CN(c2nc3ncc(Br)cc3n3cnnc23)C=CC=C1.O=S(=O)(O)O. The molecule has 28 heavy (non-hydrogen) atoms. The van der Waals surface area contributed by atoms with E-state index in [-0.39, 0.29) is 0 Å². The number of pyridine rings is 1. The number of hydrogen-bond acceptors (Lipinski definition) is 8. The molecule has 3 aromatic rings. The molecule has 0 atom stereocenters. The molecule has 13 heteroatoms. The zero-order valence-electron chi connectivity index (χ0n) is 14.3. The van der Waals surface area contributed by atoms with E-state index in [1.165, 1.54) is 0 Å². The van der Waals surface area contributed by atoms with Gasteiger partial charge in [-0.1, -0.05) is 6.08 Å². The summed E-state index contributed by atoms with van der Waals surface area (Å²) in [5.41, 5.74) is 3.09. The number of halogens is 1. The largest absolute Gasteiger partial charge is 0.394 e. The van der Waals surface area contributed by atoms with Gasteiger partial charge in [0.1, 0.15) is 6.33 Å². The molecule has 0 aliphatic carbocycles. The average molecular weight is 468 g/mol. The van der Waals surface area contributed by atoms with Crippen LogP contribution in [0.4, 0.5) is 5.82 Å². The normalized spacial score (nSPS) is 13.9. The molecule has 11 nitrogen and oxygen atoms in total. The molecular weight excluding hydrogens is 454 g/mol. The van der Waals surface area contributed by atoms with Gasteiger partial charge in [0.25, 0.3) is 0 Å². The Bertz CT molecular complexity index is 1210. The number of fused-ring (bicyclic) bond motifs is 3. The molecule has 4 rings (SSSR count). The topological polar surface area (TPSA) is 146 Å².